The van der Waals surface area contributed by atoms with Gasteiger partial charge in [-0.2, -0.15) is 0 Å². The van der Waals surface area contributed by atoms with Crippen molar-refractivity contribution in [3.63, 3.8) is 0 Å². The summed E-state index contributed by atoms with van der Waals surface area (Å²) < 4.78 is 0. The van der Waals surface area contributed by atoms with Gasteiger partial charge in [0.1, 0.15) is 0 Å². The maximum Gasteiger partial charge on any atom is 0.0655 e. The first-order valence-corrected chi connectivity index (χ1v) is 4.67. The molecule has 0 radical (unpaired) electrons. The van der Waals surface area contributed by atoms with E-state index in [1.165, 1.54) is 12.8 Å². The third-order valence-electron chi connectivity index (χ3n) is 4.16. The summed E-state index contributed by atoms with van der Waals surface area (Å²) in [6.45, 7) is 6.65. The highest BCUT2D eigenvalue weighted by molar-refractivity contribution is 5.08. The standard InChI is InChI=1S/C10H18O/c1-9(2)7-4-5-8(9)10(3,11)6-7/h7-8,11H,4-6H2,1-3H3/t7-,8-,10?/m1/s1. The summed E-state index contributed by atoms with van der Waals surface area (Å²) in [7, 11) is 0. The maximum absolute atomic E-state index is 10.0. The van der Waals surface area contributed by atoms with Gasteiger partial charge in [0.25, 0.3) is 0 Å². The van der Waals surface area contributed by atoms with Crippen LogP contribution in [-0.4, -0.2) is 10.7 Å². The van der Waals surface area contributed by atoms with Gasteiger partial charge in [-0.25, -0.2) is 0 Å². The molecule has 2 aliphatic carbocycles. The SMILES string of the molecule is CC1(O)C[C@H]2CC[C@@H]1C2(C)C. The maximum atomic E-state index is 10.0. The summed E-state index contributed by atoms with van der Waals surface area (Å²) in [5.41, 5.74) is 0.0515. The van der Waals surface area contributed by atoms with Crippen LogP contribution in [-0.2, 0) is 0 Å². The highest BCUT2D eigenvalue weighted by Crippen LogP contribution is 2.61. The van der Waals surface area contributed by atoms with Crippen molar-refractivity contribution < 1.29 is 5.11 Å². The van der Waals surface area contributed by atoms with E-state index in [4.69, 9.17) is 0 Å². The first kappa shape index (κ1) is 7.60. The van der Waals surface area contributed by atoms with Crippen LogP contribution in [0.1, 0.15) is 40.0 Å². The zero-order valence-electron chi connectivity index (χ0n) is 7.72. The van der Waals surface area contributed by atoms with Crippen molar-refractivity contribution in [2.45, 2.75) is 45.6 Å². The number of hydrogen-bond donors (Lipinski definition) is 1. The lowest BCUT2D eigenvalue weighted by atomic mass is 9.79. The van der Waals surface area contributed by atoms with Crippen LogP contribution in [0.4, 0.5) is 0 Å². The number of aliphatic hydroxyl groups is 1. The molecule has 0 heterocycles. The summed E-state index contributed by atoms with van der Waals surface area (Å²) in [6, 6.07) is 0. The lowest BCUT2D eigenvalue weighted by Crippen LogP contribution is -2.33. The molecule has 2 aliphatic rings. The smallest absolute Gasteiger partial charge is 0.0655 e. The minimum Gasteiger partial charge on any atom is -0.390 e. The van der Waals surface area contributed by atoms with Gasteiger partial charge in [0, 0.05) is 0 Å². The van der Waals surface area contributed by atoms with E-state index in [0.717, 1.165) is 12.3 Å². The van der Waals surface area contributed by atoms with Crippen molar-refractivity contribution >= 4 is 0 Å². The lowest BCUT2D eigenvalue weighted by molar-refractivity contribution is -0.00792. The normalized spacial score (nSPS) is 53.5. The third-order valence-corrected chi connectivity index (χ3v) is 4.16. The van der Waals surface area contributed by atoms with Crippen molar-refractivity contribution in [1.82, 2.24) is 0 Å². The fourth-order valence-corrected chi connectivity index (χ4v) is 3.51. The van der Waals surface area contributed by atoms with E-state index >= 15 is 0 Å². The van der Waals surface area contributed by atoms with Gasteiger partial charge in [-0.1, -0.05) is 13.8 Å². The monoisotopic (exact) mass is 154 g/mol. The van der Waals surface area contributed by atoms with Gasteiger partial charge in [-0.15, -0.1) is 0 Å². The summed E-state index contributed by atoms with van der Waals surface area (Å²) >= 11 is 0. The van der Waals surface area contributed by atoms with Gasteiger partial charge in [0.05, 0.1) is 5.60 Å². The average molecular weight is 154 g/mol. The van der Waals surface area contributed by atoms with Crippen LogP contribution >= 0.6 is 0 Å². The molecule has 2 rings (SSSR count). The van der Waals surface area contributed by atoms with E-state index in [-0.39, 0.29) is 5.60 Å². The molecule has 2 bridgehead atoms. The molecule has 1 N–H and O–H groups in total. The second-order valence-electron chi connectivity index (χ2n) is 5.21. The van der Waals surface area contributed by atoms with Gasteiger partial charge in [-0.3, -0.25) is 0 Å². The van der Waals surface area contributed by atoms with Gasteiger partial charge < -0.3 is 5.11 Å². The molecule has 2 saturated carbocycles. The summed E-state index contributed by atoms with van der Waals surface area (Å²) in [4.78, 5) is 0. The fraction of sp³-hybridized carbons (Fsp3) is 1.00. The largest absolute Gasteiger partial charge is 0.390 e. The number of rotatable bonds is 0. The lowest BCUT2D eigenvalue weighted by Gasteiger charge is -2.31. The molecule has 64 valence electrons. The van der Waals surface area contributed by atoms with Crippen LogP contribution in [0.15, 0.2) is 0 Å². The molecule has 0 aromatic carbocycles. The minimum absolute atomic E-state index is 0.355. The third kappa shape index (κ3) is 0.807. The molecule has 0 amide bonds. The van der Waals surface area contributed by atoms with Crippen LogP contribution in [0.3, 0.4) is 0 Å². The predicted octanol–water partition coefficient (Wildman–Crippen LogP) is 2.19. The molecule has 1 unspecified atom stereocenters. The fourth-order valence-electron chi connectivity index (χ4n) is 3.51. The van der Waals surface area contributed by atoms with E-state index in [9.17, 15) is 5.11 Å². The van der Waals surface area contributed by atoms with Crippen LogP contribution in [0.5, 0.6) is 0 Å². The Hall–Kier alpha value is -0.0400. The van der Waals surface area contributed by atoms with Crippen LogP contribution in [0.2, 0.25) is 0 Å². The Balaban J connectivity index is 2.33. The van der Waals surface area contributed by atoms with Crippen molar-refractivity contribution in [2.24, 2.45) is 17.3 Å². The topological polar surface area (TPSA) is 20.2 Å². The summed E-state index contributed by atoms with van der Waals surface area (Å²) in [5, 5.41) is 10.0. The Labute approximate surface area is 68.8 Å². The van der Waals surface area contributed by atoms with Crippen LogP contribution in [0.25, 0.3) is 0 Å². The van der Waals surface area contributed by atoms with Crippen LogP contribution < -0.4 is 0 Å². The van der Waals surface area contributed by atoms with Crippen LogP contribution in [0, 0.1) is 17.3 Å². The molecule has 11 heavy (non-hydrogen) atoms. The van der Waals surface area contributed by atoms with Gasteiger partial charge in [-0.05, 0) is 43.4 Å². The molecule has 0 spiro atoms. The first-order chi connectivity index (χ1) is 4.94. The van der Waals surface area contributed by atoms with Crippen molar-refractivity contribution in [3.8, 4) is 0 Å². The van der Waals surface area contributed by atoms with Crippen molar-refractivity contribution in [3.05, 3.63) is 0 Å². The molecule has 0 saturated heterocycles. The number of fused-ring (bicyclic) bond motifs is 2. The summed E-state index contributed by atoms with van der Waals surface area (Å²) in [6.07, 6.45) is 3.61. The van der Waals surface area contributed by atoms with Crippen molar-refractivity contribution in [2.75, 3.05) is 0 Å². The Morgan fingerprint density at radius 3 is 2.00 bits per heavy atom. The molecule has 1 nitrogen and oxygen atoms in total. The van der Waals surface area contributed by atoms with Gasteiger partial charge in [0.15, 0.2) is 0 Å². The zero-order chi connectivity index (χ0) is 8.28. The van der Waals surface area contributed by atoms with Gasteiger partial charge in [0.2, 0.25) is 0 Å². The average Bonchev–Trinajstić information content (AvgIpc) is 2.15. The molecule has 1 heteroatoms. The van der Waals surface area contributed by atoms with E-state index in [1.807, 2.05) is 6.92 Å². The highest BCUT2D eigenvalue weighted by Gasteiger charge is 2.58. The minimum atomic E-state index is -0.355. The second-order valence-corrected chi connectivity index (χ2v) is 5.21. The molecular weight excluding hydrogens is 136 g/mol. The molecule has 0 aromatic heterocycles. The Morgan fingerprint density at radius 1 is 1.18 bits per heavy atom. The van der Waals surface area contributed by atoms with E-state index in [0.29, 0.717) is 11.3 Å². The highest BCUT2D eigenvalue weighted by atomic mass is 16.3. The Kier molecular flexibility index (Phi) is 1.26. The molecule has 2 fully saturated rings. The molecule has 0 aromatic rings. The zero-order valence-corrected chi connectivity index (χ0v) is 7.72. The van der Waals surface area contributed by atoms with E-state index < -0.39 is 0 Å². The molecule has 3 atom stereocenters. The number of hydrogen-bond acceptors (Lipinski definition) is 1. The van der Waals surface area contributed by atoms with E-state index in [1.54, 1.807) is 0 Å². The molecule has 0 aliphatic heterocycles. The predicted molar refractivity (Wildman–Crippen MR) is 45.2 cm³/mol. The Bertz CT molecular complexity index is 181. The first-order valence-electron chi connectivity index (χ1n) is 4.67. The summed E-state index contributed by atoms with van der Waals surface area (Å²) in [5.74, 6) is 1.34. The Morgan fingerprint density at radius 2 is 1.82 bits per heavy atom. The second kappa shape index (κ2) is 1.82. The van der Waals surface area contributed by atoms with Crippen molar-refractivity contribution in [1.29, 1.82) is 0 Å². The quantitative estimate of drug-likeness (QED) is 0.567. The van der Waals surface area contributed by atoms with E-state index in [2.05, 4.69) is 13.8 Å². The van der Waals surface area contributed by atoms with Gasteiger partial charge >= 0.3 is 0 Å². The molecular formula is C10H18O.